The molecule has 0 radical (unpaired) electrons. The molecule has 0 aliphatic heterocycles. The molecule has 6 nitrogen and oxygen atoms in total. The van der Waals surface area contributed by atoms with E-state index in [1.807, 2.05) is 19.1 Å². The van der Waals surface area contributed by atoms with Crippen LogP contribution in [0.25, 0.3) is 0 Å². The van der Waals surface area contributed by atoms with Crippen molar-refractivity contribution in [1.29, 1.82) is 0 Å². The van der Waals surface area contributed by atoms with Gasteiger partial charge in [0.1, 0.15) is 0 Å². The predicted molar refractivity (Wildman–Crippen MR) is 82.6 cm³/mol. The second kappa shape index (κ2) is 6.28. The third-order valence-electron chi connectivity index (χ3n) is 3.13. The number of aryl methyl sites for hydroxylation is 1. The van der Waals surface area contributed by atoms with Gasteiger partial charge in [0.2, 0.25) is 0 Å². The summed E-state index contributed by atoms with van der Waals surface area (Å²) in [6.07, 6.45) is 2.92. The van der Waals surface area contributed by atoms with E-state index in [9.17, 15) is 8.42 Å². The second-order valence-corrected chi connectivity index (χ2v) is 6.51. The Kier molecular flexibility index (Phi) is 4.64. The number of benzene rings is 1. The number of anilines is 1. The summed E-state index contributed by atoms with van der Waals surface area (Å²) < 4.78 is 28.4. The largest absolute Gasteiger partial charge is 0.339 e. The molecule has 0 fully saturated rings. The summed E-state index contributed by atoms with van der Waals surface area (Å²) in [5, 5.41) is 3.32. The zero-order valence-corrected chi connectivity index (χ0v) is 13.2. The van der Waals surface area contributed by atoms with E-state index in [-0.39, 0.29) is 11.1 Å². The first kappa shape index (κ1) is 15.5. The van der Waals surface area contributed by atoms with Crippen LogP contribution in [-0.2, 0) is 17.1 Å². The van der Waals surface area contributed by atoms with Crippen molar-refractivity contribution in [3.63, 3.8) is 0 Å². The number of hydrogen-bond acceptors (Lipinski definition) is 4. The number of rotatable bonds is 6. The van der Waals surface area contributed by atoms with Crippen LogP contribution in [0.2, 0.25) is 0 Å². The summed E-state index contributed by atoms with van der Waals surface area (Å²) in [6.45, 7) is 5.00. The fourth-order valence-electron chi connectivity index (χ4n) is 2.00. The number of nitrogens with one attached hydrogen (secondary N) is 2. The highest BCUT2D eigenvalue weighted by Gasteiger charge is 2.17. The number of imidazole rings is 1. The van der Waals surface area contributed by atoms with Crippen molar-refractivity contribution in [3.05, 3.63) is 42.4 Å². The van der Waals surface area contributed by atoms with Gasteiger partial charge in [-0.3, -0.25) is 4.72 Å². The molecule has 1 aromatic heterocycles. The number of hydrogen-bond donors (Lipinski definition) is 2. The summed E-state index contributed by atoms with van der Waals surface area (Å²) >= 11 is 0. The maximum absolute atomic E-state index is 12.1. The van der Waals surface area contributed by atoms with Gasteiger partial charge in [0, 0.05) is 25.0 Å². The first-order valence-electron chi connectivity index (χ1n) is 6.76. The van der Waals surface area contributed by atoms with Crippen molar-refractivity contribution >= 4 is 15.7 Å². The molecule has 0 aliphatic carbocycles. The van der Waals surface area contributed by atoms with Crippen molar-refractivity contribution in [1.82, 2.24) is 14.9 Å². The van der Waals surface area contributed by atoms with Crippen LogP contribution in [0.3, 0.4) is 0 Å². The lowest BCUT2D eigenvalue weighted by Gasteiger charge is -2.13. The highest BCUT2D eigenvalue weighted by molar-refractivity contribution is 7.92. The van der Waals surface area contributed by atoms with Crippen LogP contribution in [0.1, 0.15) is 25.5 Å². The molecular formula is C14H20N4O2S. The summed E-state index contributed by atoms with van der Waals surface area (Å²) in [6, 6.07) is 7.55. The first-order chi connectivity index (χ1) is 9.92. The van der Waals surface area contributed by atoms with Gasteiger partial charge in [-0.1, -0.05) is 19.1 Å². The van der Waals surface area contributed by atoms with Gasteiger partial charge < -0.3 is 9.88 Å². The Balaban J connectivity index is 2.13. The third-order valence-corrected chi connectivity index (χ3v) is 4.40. The Bertz CT molecular complexity index is 692. The molecule has 0 saturated carbocycles. The SMILES string of the molecule is CCNC(C)c1ccc(NS(=O)(=O)c2cn(C)cn2)cc1. The molecule has 1 heterocycles. The van der Waals surface area contributed by atoms with E-state index >= 15 is 0 Å². The Hall–Kier alpha value is -1.86. The number of aromatic nitrogens is 2. The summed E-state index contributed by atoms with van der Waals surface area (Å²) in [5.74, 6) is 0. The van der Waals surface area contributed by atoms with Gasteiger partial charge in [-0.05, 0) is 31.2 Å². The molecule has 0 saturated heterocycles. The van der Waals surface area contributed by atoms with Crippen LogP contribution in [0.4, 0.5) is 5.69 Å². The molecule has 1 unspecified atom stereocenters. The lowest BCUT2D eigenvalue weighted by Crippen LogP contribution is -2.17. The van der Waals surface area contributed by atoms with Gasteiger partial charge in [0.25, 0.3) is 10.0 Å². The first-order valence-corrected chi connectivity index (χ1v) is 8.25. The van der Waals surface area contributed by atoms with Crippen LogP contribution in [-0.4, -0.2) is 24.5 Å². The minimum absolute atomic E-state index is 0.00935. The maximum atomic E-state index is 12.1. The van der Waals surface area contributed by atoms with Gasteiger partial charge in [-0.2, -0.15) is 8.42 Å². The molecular weight excluding hydrogens is 288 g/mol. The topological polar surface area (TPSA) is 76.0 Å². The molecule has 2 N–H and O–H groups in total. The molecule has 1 aromatic carbocycles. The van der Waals surface area contributed by atoms with Crippen molar-refractivity contribution in [2.45, 2.75) is 24.9 Å². The molecule has 0 spiro atoms. The van der Waals surface area contributed by atoms with E-state index in [0.717, 1.165) is 12.1 Å². The zero-order valence-electron chi connectivity index (χ0n) is 12.4. The fourth-order valence-corrected chi connectivity index (χ4v) is 3.04. The molecule has 2 aromatic rings. The molecule has 0 amide bonds. The second-order valence-electron chi connectivity index (χ2n) is 4.88. The lowest BCUT2D eigenvalue weighted by molar-refractivity contribution is 0.597. The summed E-state index contributed by atoms with van der Waals surface area (Å²) in [7, 11) is -1.91. The summed E-state index contributed by atoms with van der Waals surface area (Å²) in [5.41, 5.74) is 1.63. The fraction of sp³-hybridized carbons (Fsp3) is 0.357. The van der Waals surface area contributed by atoms with E-state index in [1.165, 1.54) is 12.5 Å². The van der Waals surface area contributed by atoms with E-state index in [1.54, 1.807) is 23.7 Å². The average Bonchev–Trinajstić information content (AvgIpc) is 2.87. The highest BCUT2D eigenvalue weighted by atomic mass is 32.2. The predicted octanol–water partition coefficient (Wildman–Crippen LogP) is 1.89. The monoisotopic (exact) mass is 308 g/mol. The van der Waals surface area contributed by atoms with Gasteiger partial charge >= 0.3 is 0 Å². The smallest absolute Gasteiger partial charge is 0.280 e. The highest BCUT2D eigenvalue weighted by Crippen LogP contribution is 2.18. The van der Waals surface area contributed by atoms with Crippen LogP contribution >= 0.6 is 0 Å². The molecule has 114 valence electrons. The minimum Gasteiger partial charge on any atom is -0.339 e. The quantitative estimate of drug-likeness (QED) is 0.854. The van der Waals surface area contributed by atoms with Gasteiger partial charge in [-0.15, -0.1) is 0 Å². The van der Waals surface area contributed by atoms with Crippen molar-refractivity contribution < 1.29 is 8.42 Å². The Morgan fingerprint density at radius 3 is 2.48 bits per heavy atom. The van der Waals surface area contributed by atoms with E-state index in [4.69, 9.17) is 0 Å². The Morgan fingerprint density at radius 2 is 1.95 bits per heavy atom. The van der Waals surface area contributed by atoms with Crippen LogP contribution in [0, 0.1) is 0 Å². The van der Waals surface area contributed by atoms with Crippen LogP contribution in [0.5, 0.6) is 0 Å². The van der Waals surface area contributed by atoms with Crippen molar-refractivity contribution in [2.75, 3.05) is 11.3 Å². The molecule has 7 heteroatoms. The normalized spacial score (nSPS) is 13.1. The van der Waals surface area contributed by atoms with Crippen molar-refractivity contribution in [2.24, 2.45) is 7.05 Å². The van der Waals surface area contributed by atoms with Gasteiger partial charge in [0.05, 0.1) is 6.33 Å². The minimum atomic E-state index is -3.63. The van der Waals surface area contributed by atoms with Gasteiger partial charge in [-0.25, -0.2) is 4.98 Å². The lowest BCUT2D eigenvalue weighted by atomic mass is 10.1. The zero-order chi connectivity index (χ0) is 15.5. The van der Waals surface area contributed by atoms with Gasteiger partial charge in [0.15, 0.2) is 5.03 Å². The van der Waals surface area contributed by atoms with Crippen LogP contribution in [0.15, 0.2) is 41.8 Å². The summed E-state index contributed by atoms with van der Waals surface area (Å²) in [4.78, 5) is 3.86. The Morgan fingerprint density at radius 1 is 1.29 bits per heavy atom. The Labute approximate surface area is 125 Å². The van der Waals surface area contributed by atoms with Crippen LogP contribution < -0.4 is 10.0 Å². The number of sulfonamides is 1. The number of nitrogens with zero attached hydrogens (tertiary/aromatic N) is 2. The molecule has 2 rings (SSSR count). The third kappa shape index (κ3) is 3.83. The molecule has 0 bridgehead atoms. The van der Waals surface area contributed by atoms with Crippen molar-refractivity contribution in [3.8, 4) is 0 Å². The maximum Gasteiger partial charge on any atom is 0.280 e. The van der Waals surface area contributed by atoms with E-state index in [2.05, 4.69) is 21.9 Å². The molecule has 21 heavy (non-hydrogen) atoms. The van der Waals surface area contributed by atoms with E-state index < -0.39 is 10.0 Å². The average molecular weight is 308 g/mol. The molecule has 0 aliphatic rings. The standard InChI is InChI=1S/C14H20N4O2S/c1-4-15-11(2)12-5-7-13(8-6-12)17-21(19,20)14-9-18(3)10-16-14/h5-11,15,17H,4H2,1-3H3. The molecule has 1 atom stereocenters. The van der Waals surface area contributed by atoms with E-state index in [0.29, 0.717) is 5.69 Å².